The zero-order valence-electron chi connectivity index (χ0n) is 9.84. The Morgan fingerprint density at radius 3 is 2.88 bits per heavy atom. The monoisotopic (exact) mass is 235 g/mol. The molecule has 1 saturated heterocycles. The number of carbonyl (C=O) groups is 1. The molecule has 0 spiro atoms. The van der Waals surface area contributed by atoms with Gasteiger partial charge in [-0.25, -0.2) is 4.79 Å². The molecule has 2 unspecified atom stereocenters. The number of hydrogen-bond donors (Lipinski definition) is 2. The molecule has 1 fully saturated rings. The molecular formula is C12H17N3O2. The van der Waals surface area contributed by atoms with Crippen LogP contribution in [-0.4, -0.2) is 40.1 Å². The van der Waals surface area contributed by atoms with Crippen molar-refractivity contribution >= 4 is 5.97 Å². The van der Waals surface area contributed by atoms with Crippen LogP contribution in [0.1, 0.15) is 19.0 Å². The molecule has 0 amide bonds. The predicted octanol–water partition coefficient (Wildman–Crippen LogP) is 0.414. The van der Waals surface area contributed by atoms with Crippen LogP contribution in [0.4, 0.5) is 0 Å². The highest BCUT2D eigenvalue weighted by Crippen LogP contribution is 2.30. The van der Waals surface area contributed by atoms with Gasteiger partial charge in [0.1, 0.15) is 0 Å². The molecule has 0 bridgehead atoms. The summed E-state index contributed by atoms with van der Waals surface area (Å²) in [5.74, 6) is -0.884. The second-order valence-electron chi connectivity index (χ2n) is 4.59. The lowest BCUT2D eigenvalue weighted by Gasteiger charge is -2.34. The molecule has 0 radical (unpaired) electrons. The van der Waals surface area contributed by atoms with Gasteiger partial charge in [0.15, 0.2) is 5.54 Å². The zero-order valence-corrected chi connectivity index (χ0v) is 9.84. The van der Waals surface area contributed by atoms with Crippen molar-refractivity contribution in [2.45, 2.75) is 24.9 Å². The highest BCUT2D eigenvalue weighted by atomic mass is 16.4. The summed E-state index contributed by atoms with van der Waals surface area (Å²) in [5.41, 5.74) is 5.31. The first-order valence-corrected chi connectivity index (χ1v) is 5.70. The molecule has 2 rings (SSSR count). The Morgan fingerprint density at radius 2 is 2.41 bits per heavy atom. The topological polar surface area (TPSA) is 79.5 Å². The van der Waals surface area contributed by atoms with Crippen molar-refractivity contribution in [1.82, 2.24) is 9.88 Å². The van der Waals surface area contributed by atoms with E-state index in [4.69, 9.17) is 5.73 Å². The van der Waals surface area contributed by atoms with E-state index in [0.29, 0.717) is 18.8 Å². The van der Waals surface area contributed by atoms with Crippen molar-refractivity contribution in [1.29, 1.82) is 0 Å². The van der Waals surface area contributed by atoms with E-state index in [1.54, 1.807) is 31.3 Å². The lowest BCUT2D eigenvalue weighted by atomic mass is 9.95. The van der Waals surface area contributed by atoms with Gasteiger partial charge in [-0.2, -0.15) is 0 Å². The van der Waals surface area contributed by atoms with Crippen LogP contribution in [0.5, 0.6) is 0 Å². The highest BCUT2D eigenvalue weighted by molar-refractivity contribution is 5.79. The van der Waals surface area contributed by atoms with E-state index >= 15 is 0 Å². The molecule has 5 heteroatoms. The van der Waals surface area contributed by atoms with Gasteiger partial charge in [0.2, 0.25) is 0 Å². The Hall–Kier alpha value is -1.46. The number of nitrogens with two attached hydrogens (primary N) is 1. The first-order chi connectivity index (χ1) is 8.05. The molecular weight excluding hydrogens is 218 g/mol. The maximum absolute atomic E-state index is 11.6. The molecule has 2 atom stereocenters. The zero-order chi connectivity index (χ0) is 12.5. The van der Waals surface area contributed by atoms with Gasteiger partial charge >= 0.3 is 5.97 Å². The van der Waals surface area contributed by atoms with Crippen molar-refractivity contribution < 1.29 is 9.90 Å². The molecule has 92 valence electrons. The molecule has 2 heterocycles. The maximum atomic E-state index is 11.6. The number of aliphatic carboxylic acids is 1. The summed E-state index contributed by atoms with van der Waals surface area (Å²) in [6.45, 7) is 2.98. The van der Waals surface area contributed by atoms with Gasteiger partial charge in [0, 0.05) is 25.3 Å². The summed E-state index contributed by atoms with van der Waals surface area (Å²) in [6, 6.07) is 5.39. The molecule has 0 aliphatic carbocycles. The van der Waals surface area contributed by atoms with Gasteiger partial charge in [0.05, 0.1) is 5.69 Å². The number of hydrogen-bond acceptors (Lipinski definition) is 4. The minimum absolute atomic E-state index is 0.0531. The van der Waals surface area contributed by atoms with E-state index in [2.05, 4.69) is 4.98 Å². The average Bonchev–Trinajstić information content (AvgIpc) is 2.76. The number of pyridine rings is 1. The van der Waals surface area contributed by atoms with E-state index in [1.807, 2.05) is 4.90 Å². The van der Waals surface area contributed by atoms with Crippen LogP contribution in [-0.2, 0) is 10.3 Å². The molecule has 5 nitrogen and oxygen atoms in total. The average molecular weight is 235 g/mol. The fourth-order valence-corrected chi connectivity index (χ4v) is 2.25. The Balaban J connectivity index is 2.37. The van der Waals surface area contributed by atoms with Crippen molar-refractivity contribution in [3.63, 3.8) is 0 Å². The summed E-state index contributed by atoms with van der Waals surface area (Å²) in [4.78, 5) is 17.7. The standard InChI is InChI=1S/C12H17N3O2/c1-12(11(16)17,10-4-2-3-6-14-10)15-7-5-9(13)8-15/h2-4,6,9H,5,7-8,13H2,1H3,(H,16,17). The van der Waals surface area contributed by atoms with Crippen LogP contribution in [0, 0.1) is 0 Å². The molecule has 1 aliphatic heterocycles. The van der Waals surface area contributed by atoms with Crippen molar-refractivity contribution in [3.8, 4) is 0 Å². The van der Waals surface area contributed by atoms with Crippen LogP contribution in [0.3, 0.4) is 0 Å². The van der Waals surface area contributed by atoms with Crippen LogP contribution in [0.2, 0.25) is 0 Å². The molecule has 1 aromatic heterocycles. The first-order valence-electron chi connectivity index (χ1n) is 5.70. The van der Waals surface area contributed by atoms with Gasteiger partial charge in [0.25, 0.3) is 0 Å². The van der Waals surface area contributed by atoms with Crippen LogP contribution in [0.15, 0.2) is 24.4 Å². The number of rotatable bonds is 3. The summed E-state index contributed by atoms with van der Waals surface area (Å²) < 4.78 is 0. The minimum atomic E-state index is -1.09. The number of aromatic nitrogens is 1. The third-order valence-corrected chi connectivity index (χ3v) is 3.44. The van der Waals surface area contributed by atoms with Crippen LogP contribution < -0.4 is 5.73 Å². The van der Waals surface area contributed by atoms with Crippen molar-refractivity contribution in [2.24, 2.45) is 5.73 Å². The highest BCUT2D eigenvalue weighted by Gasteiger charge is 2.44. The van der Waals surface area contributed by atoms with Crippen molar-refractivity contribution in [3.05, 3.63) is 30.1 Å². The van der Waals surface area contributed by atoms with Gasteiger partial charge in [-0.3, -0.25) is 9.88 Å². The fraction of sp³-hybridized carbons (Fsp3) is 0.500. The lowest BCUT2D eigenvalue weighted by molar-refractivity contribution is -0.150. The Bertz CT molecular complexity index is 409. The van der Waals surface area contributed by atoms with E-state index in [9.17, 15) is 9.90 Å². The van der Waals surface area contributed by atoms with Gasteiger partial charge in [-0.15, -0.1) is 0 Å². The van der Waals surface area contributed by atoms with Crippen molar-refractivity contribution in [2.75, 3.05) is 13.1 Å². The maximum Gasteiger partial charge on any atom is 0.330 e. The third-order valence-electron chi connectivity index (χ3n) is 3.44. The molecule has 3 N–H and O–H groups in total. The number of nitrogens with zero attached hydrogens (tertiary/aromatic N) is 2. The molecule has 0 saturated carbocycles. The molecule has 17 heavy (non-hydrogen) atoms. The molecule has 1 aromatic rings. The van der Waals surface area contributed by atoms with Gasteiger partial charge < -0.3 is 10.8 Å². The minimum Gasteiger partial charge on any atom is -0.480 e. The van der Waals surface area contributed by atoms with E-state index in [-0.39, 0.29) is 6.04 Å². The fourth-order valence-electron chi connectivity index (χ4n) is 2.25. The lowest BCUT2D eigenvalue weighted by Crippen LogP contribution is -2.50. The third kappa shape index (κ3) is 2.03. The Morgan fingerprint density at radius 1 is 1.65 bits per heavy atom. The predicted molar refractivity (Wildman–Crippen MR) is 63.4 cm³/mol. The summed E-state index contributed by atoms with van der Waals surface area (Å²) in [6.07, 6.45) is 2.45. The second-order valence-corrected chi connectivity index (χ2v) is 4.59. The molecule has 0 aromatic carbocycles. The summed E-state index contributed by atoms with van der Waals surface area (Å²) in [5, 5.41) is 9.51. The Kier molecular flexibility index (Phi) is 3.13. The normalized spacial score (nSPS) is 24.5. The smallest absolute Gasteiger partial charge is 0.330 e. The number of carboxylic acids is 1. The van der Waals surface area contributed by atoms with Gasteiger partial charge in [-0.1, -0.05) is 6.07 Å². The molecule has 1 aliphatic rings. The SMILES string of the molecule is CC(C(=O)O)(c1ccccn1)N1CCC(N)C1. The quantitative estimate of drug-likeness (QED) is 0.793. The second kappa shape index (κ2) is 4.43. The van der Waals surface area contributed by atoms with E-state index < -0.39 is 11.5 Å². The number of carboxylic acid groups (broad SMARTS) is 1. The Labute approximate surface area is 100 Å². The first kappa shape index (κ1) is 12.0. The van der Waals surface area contributed by atoms with E-state index in [1.165, 1.54) is 0 Å². The summed E-state index contributed by atoms with van der Waals surface area (Å²) >= 11 is 0. The van der Waals surface area contributed by atoms with Gasteiger partial charge in [-0.05, 0) is 25.5 Å². The number of likely N-dealkylation sites (tertiary alicyclic amines) is 1. The van der Waals surface area contributed by atoms with Crippen LogP contribution in [0.25, 0.3) is 0 Å². The van der Waals surface area contributed by atoms with Crippen LogP contribution >= 0.6 is 0 Å². The largest absolute Gasteiger partial charge is 0.480 e. The summed E-state index contributed by atoms with van der Waals surface area (Å²) in [7, 11) is 0. The van der Waals surface area contributed by atoms with E-state index in [0.717, 1.165) is 6.42 Å².